The normalized spacial score (nSPS) is 11.3. The molecule has 0 aliphatic rings. The Morgan fingerprint density at radius 2 is 2.21 bits per heavy atom. The van der Waals surface area contributed by atoms with E-state index in [1.54, 1.807) is 12.3 Å². The predicted molar refractivity (Wildman–Crippen MR) is 55.4 cm³/mol. The van der Waals surface area contributed by atoms with Crippen LogP contribution in [0.25, 0.3) is 0 Å². The molecule has 0 unspecified atom stereocenters. The fraction of sp³-hybridized carbons (Fsp3) is 0.375. The van der Waals surface area contributed by atoms with E-state index in [1.807, 2.05) is 6.92 Å². The van der Waals surface area contributed by atoms with Crippen LogP contribution >= 0.6 is 0 Å². The van der Waals surface area contributed by atoms with Crippen molar-refractivity contribution in [2.75, 3.05) is 17.0 Å². The third-order valence-corrected chi connectivity index (χ3v) is 2.85. The number of anilines is 1. The SMILES string of the molecule is Cc1cncc(NS(=O)(=O)CCN)c1. The van der Waals surface area contributed by atoms with Gasteiger partial charge in [-0.15, -0.1) is 0 Å². The van der Waals surface area contributed by atoms with Crippen molar-refractivity contribution in [1.82, 2.24) is 4.98 Å². The van der Waals surface area contributed by atoms with Gasteiger partial charge in [0.2, 0.25) is 10.0 Å². The summed E-state index contributed by atoms with van der Waals surface area (Å²) >= 11 is 0. The first-order valence-electron chi connectivity index (χ1n) is 4.16. The van der Waals surface area contributed by atoms with Crippen LogP contribution in [-0.4, -0.2) is 25.7 Å². The minimum atomic E-state index is -3.32. The fourth-order valence-corrected chi connectivity index (χ4v) is 1.88. The maximum atomic E-state index is 11.3. The van der Waals surface area contributed by atoms with Crippen LogP contribution in [-0.2, 0) is 10.0 Å². The van der Waals surface area contributed by atoms with Crippen molar-refractivity contribution in [2.24, 2.45) is 5.73 Å². The molecule has 0 saturated carbocycles. The van der Waals surface area contributed by atoms with E-state index in [0.29, 0.717) is 5.69 Å². The van der Waals surface area contributed by atoms with Gasteiger partial charge in [-0.25, -0.2) is 8.42 Å². The molecule has 0 amide bonds. The van der Waals surface area contributed by atoms with Crippen molar-refractivity contribution < 1.29 is 8.42 Å². The number of nitrogens with one attached hydrogen (secondary N) is 1. The van der Waals surface area contributed by atoms with E-state index in [4.69, 9.17) is 5.73 Å². The van der Waals surface area contributed by atoms with Gasteiger partial charge in [0.1, 0.15) is 0 Å². The van der Waals surface area contributed by atoms with Crippen LogP contribution in [0.1, 0.15) is 5.56 Å². The van der Waals surface area contributed by atoms with E-state index in [0.717, 1.165) is 5.56 Å². The van der Waals surface area contributed by atoms with Crippen LogP contribution < -0.4 is 10.5 Å². The third-order valence-electron chi connectivity index (χ3n) is 1.53. The van der Waals surface area contributed by atoms with Gasteiger partial charge in [-0.05, 0) is 18.6 Å². The quantitative estimate of drug-likeness (QED) is 0.745. The summed E-state index contributed by atoms with van der Waals surface area (Å²) in [5, 5.41) is 0. The van der Waals surface area contributed by atoms with Gasteiger partial charge in [0, 0.05) is 12.7 Å². The molecule has 0 spiro atoms. The summed E-state index contributed by atoms with van der Waals surface area (Å²) in [4.78, 5) is 3.87. The molecule has 1 aromatic rings. The first-order chi connectivity index (χ1) is 6.53. The van der Waals surface area contributed by atoms with Crippen molar-refractivity contribution in [1.29, 1.82) is 0 Å². The van der Waals surface area contributed by atoms with E-state index >= 15 is 0 Å². The van der Waals surface area contributed by atoms with E-state index in [1.165, 1.54) is 6.20 Å². The van der Waals surface area contributed by atoms with Gasteiger partial charge in [0.05, 0.1) is 17.6 Å². The predicted octanol–water partition coefficient (Wildman–Crippen LogP) is 0.0904. The Morgan fingerprint density at radius 1 is 1.50 bits per heavy atom. The molecule has 1 aromatic heterocycles. The molecule has 0 aliphatic carbocycles. The monoisotopic (exact) mass is 215 g/mol. The number of aromatic nitrogens is 1. The molecule has 0 saturated heterocycles. The number of rotatable bonds is 4. The number of aryl methyl sites for hydroxylation is 1. The highest BCUT2D eigenvalue weighted by molar-refractivity contribution is 7.92. The van der Waals surface area contributed by atoms with Gasteiger partial charge in [-0.3, -0.25) is 9.71 Å². The van der Waals surface area contributed by atoms with Crippen molar-refractivity contribution in [3.8, 4) is 0 Å². The average Bonchev–Trinajstić information content (AvgIpc) is 2.02. The molecular weight excluding hydrogens is 202 g/mol. The highest BCUT2D eigenvalue weighted by Crippen LogP contribution is 2.09. The minimum Gasteiger partial charge on any atom is -0.329 e. The summed E-state index contributed by atoms with van der Waals surface area (Å²) in [6, 6.07) is 1.71. The minimum absolute atomic E-state index is 0.0824. The Kier molecular flexibility index (Phi) is 3.43. The van der Waals surface area contributed by atoms with E-state index in [9.17, 15) is 8.42 Å². The fourth-order valence-electron chi connectivity index (χ4n) is 0.997. The van der Waals surface area contributed by atoms with Gasteiger partial charge in [0.25, 0.3) is 0 Å². The summed E-state index contributed by atoms with van der Waals surface area (Å²) in [6.07, 6.45) is 3.11. The molecule has 1 rings (SSSR count). The molecule has 5 nitrogen and oxygen atoms in total. The zero-order valence-corrected chi connectivity index (χ0v) is 8.71. The molecule has 6 heteroatoms. The second-order valence-electron chi connectivity index (χ2n) is 2.96. The maximum absolute atomic E-state index is 11.3. The van der Waals surface area contributed by atoms with Gasteiger partial charge >= 0.3 is 0 Å². The lowest BCUT2D eigenvalue weighted by Crippen LogP contribution is -2.22. The third kappa shape index (κ3) is 3.31. The number of hydrogen-bond acceptors (Lipinski definition) is 4. The van der Waals surface area contributed by atoms with Gasteiger partial charge in [-0.2, -0.15) is 0 Å². The molecule has 1 heterocycles. The number of nitrogens with two attached hydrogens (primary N) is 1. The molecule has 0 atom stereocenters. The molecule has 0 radical (unpaired) electrons. The largest absolute Gasteiger partial charge is 0.329 e. The van der Waals surface area contributed by atoms with Crippen molar-refractivity contribution >= 4 is 15.7 Å². The second kappa shape index (κ2) is 4.39. The summed E-state index contributed by atoms with van der Waals surface area (Å²) < 4.78 is 25.0. The number of sulfonamides is 1. The average molecular weight is 215 g/mol. The zero-order valence-electron chi connectivity index (χ0n) is 7.90. The smallest absolute Gasteiger partial charge is 0.234 e. The van der Waals surface area contributed by atoms with E-state index in [-0.39, 0.29) is 12.3 Å². The van der Waals surface area contributed by atoms with Gasteiger partial charge < -0.3 is 5.73 Å². The zero-order chi connectivity index (χ0) is 10.6. The summed E-state index contributed by atoms with van der Waals surface area (Å²) in [7, 11) is -3.32. The molecule has 0 fully saturated rings. The molecule has 14 heavy (non-hydrogen) atoms. The molecule has 0 aromatic carbocycles. The molecule has 78 valence electrons. The Balaban J connectivity index is 2.79. The molecular formula is C8H13N3O2S. The Morgan fingerprint density at radius 3 is 2.79 bits per heavy atom. The number of nitrogens with zero attached hydrogens (tertiary/aromatic N) is 1. The van der Waals surface area contributed by atoms with Crippen LogP contribution in [0.3, 0.4) is 0 Å². The first kappa shape index (κ1) is 10.9. The highest BCUT2D eigenvalue weighted by atomic mass is 32.2. The Bertz CT molecular complexity index is 403. The molecule has 0 bridgehead atoms. The topological polar surface area (TPSA) is 85.1 Å². The van der Waals surface area contributed by atoms with Crippen LogP contribution in [0.2, 0.25) is 0 Å². The van der Waals surface area contributed by atoms with E-state index in [2.05, 4.69) is 9.71 Å². The Labute approximate surface area is 83.4 Å². The van der Waals surface area contributed by atoms with E-state index < -0.39 is 10.0 Å². The number of hydrogen-bond donors (Lipinski definition) is 2. The van der Waals surface area contributed by atoms with Gasteiger partial charge in [-0.1, -0.05) is 0 Å². The lowest BCUT2D eigenvalue weighted by Gasteiger charge is -2.06. The molecule has 0 aliphatic heterocycles. The van der Waals surface area contributed by atoms with Crippen LogP contribution in [0.15, 0.2) is 18.5 Å². The van der Waals surface area contributed by atoms with Crippen molar-refractivity contribution in [3.05, 3.63) is 24.0 Å². The molecule has 3 N–H and O–H groups in total. The van der Waals surface area contributed by atoms with Crippen LogP contribution in [0, 0.1) is 6.92 Å². The van der Waals surface area contributed by atoms with Crippen LogP contribution in [0.4, 0.5) is 5.69 Å². The maximum Gasteiger partial charge on any atom is 0.234 e. The van der Waals surface area contributed by atoms with Crippen LogP contribution in [0.5, 0.6) is 0 Å². The standard InChI is InChI=1S/C8H13N3O2S/c1-7-4-8(6-10-5-7)11-14(12,13)3-2-9/h4-6,11H,2-3,9H2,1H3. The summed E-state index contributed by atoms with van der Waals surface area (Å²) in [6.45, 7) is 1.95. The summed E-state index contributed by atoms with van der Waals surface area (Å²) in [5.41, 5.74) is 6.54. The van der Waals surface area contributed by atoms with Gasteiger partial charge in [0.15, 0.2) is 0 Å². The lowest BCUT2D eigenvalue weighted by molar-refractivity contribution is 0.601. The lowest BCUT2D eigenvalue weighted by atomic mass is 10.3. The first-order valence-corrected chi connectivity index (χ1v) is 5.81. The van der Waals surface area contributed by atoms with Crippen molar-refractivity contribution in [3.63, 3.8) is 0 Å². The van der Waals surface area contributed by atoms with Crippen molar-refractivity contribution in [2.45, 2.75) is 6.92 Å². The summed E-state index contributed by atoms with van der Waals surface area (Å²) in [5.74, 6) is -0.0824. The Hall–Kier alpha value is -1.14. The highest BCUT2D eigenvalue weighted by Gasteiger charge is 2.08. The second-order valence-corrected chi connectivity index (χ2v) is 4.80. The number of pyridine rings is 1.